The van der Waals surface area contributed by atoms with Crippen molar-refractivity contribution in [1.29, 1.82) is 0 Å². The Morgan fingerprint density at radius 2 is 1.40 bits per heavy atom. The Hall–Kier alpha value is -3.15. The third-order valence-corrected chi connectivity index (χ3v) is 3.69. The topological polar surface area (TPSA) is 101 Å². The molecule has 3 amide bonds. The third kappa shape index (κ3) is 5.46. The zero-order valence-electron chi connectivity index (χ0n) is 13.9. The summed E-state index contributed by atoms with van der Waals surface area (Å²) in [5.74, 6) is -1.26. The van der Waals surface area contributed by atoms with E-state index in [1.54, 1.807) is 24.3 Å². The molecule has 0 aliphatic rings. The highest BCUT2D eigenvalue weighted by atomic mass is 16.2. The summed E-state index contributed by atoms with van der Waals surface area (Å²) in [6.45, 7) is 1.39. The average Bonchev–Trinajstić information content (AvgIpc) is 2.60. The van der Waals surface area contributed by atoms with Crippen molar-refractivity contribution in [3.63, 3.8) is 0 Å². The Balaban J connectivity index is 2.12. The summed E-state index contributed by atoms with van der Waals surface area (Å²) in [7, 11) is 0. The zero-order valence-corrected chi connectivity index (χ0v) is 13.9. The van der Waals surface area contributed by atoms with E-state index in [1.165, 1.54) is 6.92 Å². The summed E-state index contributed by atoms with van der Waals surface area (Å²) >= 11 is 0. The second-order valence-electron chi connectivity index (χ2n) is 5.68. The van der Waals surface area contributed by atoms with E-state index < -0.39 is 18.0 Å². The largest absolute Gasteiger partial charge is 0.368 e. The van der Waals surface area contributed by atoms with Gasteiger partial charge in [-0.2, -0.15) is 0 Å². The molecule has 2 rings (SSSR count). The molecule has 0 radical (unpaired) electrons. The van der Waals surface area contributed by atoms with Crippen LogP contribution < -0.4 is 16.4 Å². The smallest absolute Gasteiger partial charge is 0.244 e. The van der Waals surface area contributed by atoms with Gasteiger partial charge in [0.25, 0.3) is 0 Å². The average molecular weight is 339 g/mol. The molecule has 0 bridgehead atoms. The maximum atomic E-state index is 12.4. The summed E-state index contributed by atoms with van der Waals surface area (Å²) < 4.78 is 0. The van der Waals surface area contributed by atoms with Crippen LogP contribution in [0, 0.1) is 0 Å². The maximum absolute atomic E-state index is 12.4. The predicted octanol–water partition coefficient (Wildman–Crippen LogP) is 1.60. The standard InChI is InChI=1S/C19H21N3O3/c1-13(23)21-16(14-8-4-2-5-9-14)12-17(24)22-18(19(20)25)15-10-6-3-7-11-15/h2-11,16,18H,12H2,1H3,(H2,20,25)(H,21,23)(H,22,24). The number of nitrogens with one attached hydrogen (secondary N) is 2. The highest BCUT2D eigenvalue weighted by molar-refractivity contribution is 5.88. The molecule has 2 aromatic rings. The number of rotatable bonds is 7. The van der Waals surface area contributed by atoms with Crippen molar-refractivity contribution in [1.82, 2.24) is 10.6 Å². The normalized spacial score (nSPS) is 12.7. The predicted molar refractivity (Wildman–Crippen MR) is 94.1 cm³/mol. The van der Waals surface area contributed by atoms with E-state index in [0.717, 1.165) is 5.56 Å². The second-order valence-corrected chi connectivity index (χ2v) is 5.68. The van der Waals surface area contributed by atoms with Crippen molar-refractivity contribution >= 4 is 17.7 Å². The van der Waals surface area contributed by atoms with Crippen LogP contribution in [0.1, 0.15) is 36.6 Å². The monoisotopic (exact) mass is 339 g/mol. The first-order chi connectivity index (χ1) is 12.0. The molecular weight excluding hydrogens is 318 g/mol. The van der Waals surface area contributed by atoms with E-state index >= 15 is 0 Å². The molecule has 0 saturated heterocycles. The molecular formula is C19H21N3O3. The van der Waals surface area contributed by atoms with E-state index in [4.69, 9.17) is 5.73 Å². The van der Waals surface area contributed by atoms with Crippen LogP contribution >= 0.6 is 0 Å². The Morgan fingerprint density at radius 1 is 0.880 bits per heavy atom. The SMILES string of the molecule is CC(=O)NC(CC(=O)NC(C(N)=O)c1ccccc1)c1ccccc1. The second kappa shape index (κ2) is 8.63. The van der Waals surface area contributed by atoms with Gasteiger partial charge in [0.15, 0.2) is 0 Å². The first kappa shape index (κ1) is 18.2. The van der Waals surface area contributed by atoms with Crippen LogP contribution in [0.2, 0.25) is 0 Å². The molecule has 2 atom stereocenters. The van der Waals surface area contributed by atoms with Gasteiger partial charge in [0, 0.05) is 6.92 Å². The van der Waals surface area contributed by atoms with Crippen LogP contribution in [0.15, 0.2) is 60.7 Å². The molecule has 130 valence electrons. The minimum atomic E-state index is -0.914. The summed E-state index contributed by atoms with van der Waals surface area (Å²) in [4.78, 5) is 35.6. The quantitative estimate of drug-likeness (QED) is 0.714. The minimum Gasteiger partial charge on any atom is -0.368 e. The van der Waals surface area contributed by atoms with E-state index in [2.05, 4.69) is 10.6 Å². The molecule has 0 spiro atoms. The lowest BCUT2D eigenvalue weighted by molar-refractivity contribution is -0.128. The molecule has 0 aliphatic carbocycles. The first-order valence-corrected chi connectivity index (χ1v) is 7.93. The van der Waals surface area contributed by atoms with Crippen molar-refractivity contribution in [2.75, 3.05) is 0 Å². The van der Waals surface area contributed by atoms with Crippen LogP contribution in [0.25, 0.3) is 0 Å². The van der Waals surface area contributed by atoms with Crippen molar-refractivity contribution in [3.8, 4) is 0 Å². The summed E-state index contributed by atoms with van der Waals surface area (Å²) in [6, 6.07) is 16.6. The number of carbonyl (C=O) groups is 3. The van der Waals surface area contributed by atoms with Crippen molar-refractivity contribution in [2.24, 2.45) is 5.73 Å². The van der Waals surface area contributed by atoms with Crippen molar-refractivity contribution in [3.05, 3.63) is 71.8 Å². The fraction of sp³-hybridized carbons (Fsp3) is 0.211. The molecule has 6 heteroatoms. The van der Waals surface area contributed by atoms with Gasteiger partial charge >= 0.3 is 0 Å². The van der Waals surface area contributed by atoms with Crippen molar-refractivity contribution in [2.45, 2.75) is 25.4 Å². The molecule has 0 heterocycles. The minimum absolute atomic E-state index is 0.000205. The van der Waals surface area contributed by atoms with E-state index in [0.29, 0.717) is 5.56 Å². The maximum Gasteiger partial charge on any atom is 0.244 e. The van der Waals surface area contributed by atoms with Gasteiger partial charge in [-0.25, -0.2) is 0 Å². The van der Waals surface area contributed by atoms with Gasteiger partial charge in [-0.1, -0.05) is 60.7 Å². The van der Waals surface area contributed by atoms with Gasteiger partial charge in [-0.05, 0) is 11.1 Å². The molecule has 0 saturated carbocycles. The molecule has 2 aromatic carbocycles. The van der Waals surface area contributed by atoms with E-state index in [1.807, 2.05) is 36.4 Å². The Morgan fingerprint density at radius 3 is 1.88 bits per heavy atom. The van der Waals surface area contributed by atoms with Crippen LogP contribution in [-0.4, -0.2) is 17.7 Å². The van der Waals surface area contributed by atoms with Gasteiger partial charge in [-0.15, -0.1) is 0 Å². The van der Waals surface area contributed by atoms with Gasteiger partial charge in [0.2, 0.25) is 17.7 Å². The molecule has 0 fully saturated rings. The number of nitrogens with two attached hydrogens (primary N) is 1. The molecule has 0 aliphatic heterocycles. The summed E-state index contributed by atoms with van der Waals surface area (Å²) in [5.41, 5.74) is 6.84. The van der Waals surface area contributed by atoms with E-state index in [-0.39, 0.29) is 18.2 Å². The molecule has 6 nitrogen and oxygen atoms in total. The lowest BCUT2D eigenvalue weighted by atomic mass is 10.0. The number of benzene rings is 2. The Bertz CT molecular complexity index is 732. The number of amides is 3. The summed E-state index contributed by atoms with van der Waals surface area (Å²) in [6.07, 6.45) is 0.000205. The number of hydrogen-bond acceptors (Lipinski definition) is 3. The van der Waals surface area contributed by atoms with E-state index in [9.17, 15) is 14.4 Å². The lowest BCUT2D eigenvalue weighted by Crippen LogP contribution is -2.39. The van der Waals surface area contributed by atoms with Crippen LogP contribution in [-0.2, 0) is 14.4 Å². The van der Waals surface area contributed by atoms with Crippen LogP contribution in [0.3, 0.4) is 0 Å². The Labute approximate surface area is 146 Å². The van der Waals surface area contributed by atoms with Gasteiger partial charge in [0.05, 0.1) is 12.5 Å². The highest BCUT2D eigenvalue weighted by Gasteiger charge is 2.23. The molecule has 4 N–H and O–H groups in total. The van der Waals surface area contributed by atoms with Crippen molar-refractivity contribution < 1.29 is 14.4 Å². The van der Waals surface area contributed by atoms with Gasteiger partial charge < -0.3 is 16.4 Å². The van der Waals surface area contributed by atoms with Crippen LogP contribution in [0.5, 0.6) is 0 Å². The number of primary amides is 1. The van der Waals surface area contributed by atoms with Gasteiger partial charge in [-0.3, -0.25) is 14.4 Å². The van der Waals surface area contributed by atoms with Crippen LogP contribution in [0.4, 0.5) is 0 Å². The fourth-order valence-corrected chi connectivity index (χ4v) is 2.55. The molecule has 2 unspecified atom stereocenters. The first-order valence-electron chi connectivity index (χ1n) is 7.93. The number of carbonyl (C=O) groups excluding carboxylic acids is 3. The lowest BCUT2D eigenvalue weighted by Gasteiger charge is -2.20. The highest BCUT2D eigenvalue weighted by Crippen LogP contribution is 2.18. The molecule has 25 heavy (non-hydrogen) atoms. The molecule has 0 aromatic heterocycles. The zero-order chi connectivity index (χ0) is 18.2. The fourth-order valence-electron chi connectivity index (χ4n) is 2.55. The third-order valence-electron chi connectivity index (χ3n) is 3.69. The summed E-state index contributed by atoms with van der Waals surface area (Å²) in [5, 5.41) is 5.39. The number of hydrogen-bond donors (Lipinski definition) is 3. The Kier molecular flexibility index (Phi) is 6.28. The van der Waals surface area contributed by atoms with Gasteiger partial charge in [0.1, 0.15) is 6.04 Å².